The second-order valence-electron chi connectivity index (χ2n) is 5.25. The average molecular weight is 390 g/mol. The lowest BCUT2D eigenvalue weighted by molar-refractivity contribution is -0.118. The molecule has 3 rings (SSSR count). The molecular formula is C17H18N4O3S2. The lowest BCUT2D eigenvalue weighted by Crippen LogP contribution is -2.24. The van der Waals surface area contributed by atoms with E-state index in [4.69, 9.17) is 9.15 Å². The van der Waals surface area contributed by atoms with Crippen LogP contribution in [0.3, 0.4) is 0 Å². The Morgan fingerprint density at radius 2 is 2.12 bits per heavy atom. The van der Waals surface area contributed by atoms with E-state index in [1.807, 2.05) is 29.6 Å². The maximum absolute atomic E-state index is 12.0. The van der Waals surface area contributed by atoms with E-state index in [1.54, 1.807) is 18.4 Å². The molecule has 0 aliphatic rings. The second kappa shape index (κ2) is 8.81. The third-order valence-electron chi connectivity index (χ3n) is 3.44. The number of methoxy groups -OCH3 is 1. The normalized spacial score (nSPS) is 10.7. The van der Waals surface area contributed by atoms with Crippen LogP contribution in [0.4, 0.5) is 0 Å². The van der Waals surface area contributed by atoms with Gasteiger partial charge in [0.15, 0.2) is 0 Å². The van der Waals surface area contributed by atoms with E-state index in [9.17, 15) is 4.79 Å². The third-order valence-corrected chi connectivity index (χ3v) is 5.30. The topological polar surface area (TPSA) is 90.1 Å². The number of ether oxygens (including phenoxy) is 1. The second-order valence-corrected chi connectivity index (χ2v) is 7.12. The van der Waals surface area contributed by atoms with E-state index >= 15 is 0 Å². The number of aromatic nitrogens is 3. The average Bonchev–Trinajstić information content (AvgIpc) is 3.34. The number of nitrogens with one attached hydrogen (secondary N) is 1. The van der Waals surface area contributed by atoms with E-state index in [2.05, 4.69) is 27.4 Å². The van der Waals surface area contributed by atoms with Crippen molar-refractivity contribution in [2.75, 3.05) is 12.9 Å². The van der Waals surface area contributed by atoms with Gasteiger partial charge in [-0.2, -0.15) is 0 Å². The number of thioether (sulfide) groups is 1. The van der Waals surface area contributed by atoms with Crippen LogP contribution >= 0.6 is 23.1 Å². The highest BCUT2D eigenvalue weighted by molar-refractivity contribution is 7.99. The van der Waals surface area contributed by atoms with Crippen LogP contribution in [0.1, 0.15) is 17.6 Å². The maximum atomic E-state index is 12.0. The summed E-state index contributed by atoms with van der Waals surface area (Å²) in [7, 11) is 1.61. The maximum Gasteiger partial charge on any atom is 0.277 e. The fourth-order valence-electron chi connectivity index (χ4n) is 2.08. The Hall–Kier alpha value is -2.39. The number of rotatable bonds is 8. The van der Waals surface area contributed by atoms with Gasteiger partial charge in [0.2, 0.25) is 11.8 Å². The molecule has 1 aromatic carbocycles. The van der Waals surface area contributed by atoms with Crippen molar-refractivity contribution >= 4 is 29.0 Å². The molecule has 0 aliphatic heterocycles. The summed E-state index contributed by atoms with van der Waals surface area (Å²) >= 11 is 2.81. The number of thiazole rings is 1. The first kappa shape index (κ1) is 18.4. The molecule has 9 heteroatoms. The fraction of sp³-hybridized carbons (Fsp3) is 0.294. The van der Waals surface area contributed by atoms with Crippen LogP contribution in [-0.4, -0.2) is 34.0 Å². The van der Waals surface area contributed by atoms with Crippen molar-refractivity contribution in [1.82, 2.24) is 20.5 Å². The fourth-order valence-corrected chi connectivity index (χ4v) is 3.42. The van der Waals surface area contributed by atoms with Gasteiger partial charge in [-0.1, -0.05) is 18.7 Å². The largest absolute Gasteiger partial charge is 0.497 e. The summed E-state index contributed by atoms with van der Waals surface area (Å²) in [6, 6.07) is 7.32. The quantitative estimate of drug-likeness (QED) is 0.591. The van der Waals surface area contributed by atoms with Crippen LogP contribution in [0.5, 0.6) is 5.75 Å². The molecule has 0 spiro atoms. The molecule has 0 fully saturated rings. The molecule has 0 unspecified atom stereocenters. The number of hydrogen-bond donors (Lipinski definition) is 1. The van der Waals surface area contributed by atoms with Crippen molar-refractivity contribution in [2.24, 2.45) is 0 Å². The van der Waals surface area contributed by atoms with Gasteiger partial charge in [-0.25, -0.2) is 4.98 Å². The minimum Gasteiger partial charge on any atom is -0.497 e. The van der Waals surface area contributed by atoms with Crippen molar-refractivity contribution < 1.29 is 13.9 Å². The van der Waals surface area contributed by atoms with Crippen LogP contribution in [0.25, 0.3) is 11.5 Å². The zero-order valence-electron chi connectivity index (χ0n) is 14.4. The zero-order chi connectivity index (χ0) is 18.4. The minimum atomic E-state index is -0.106. The Balaban J connectivity index is 1.48. The molecular weight excluding hydrogens is 372 g/mol. The van der Waals surface area contributed by atoms with Crippen molar-refractivity contribution in [3.05, 3.63) is 40.3 Å². The van der Waals surface area contributed by atoms with Crippen molar-refractivity contribution in [3.8, 4) is 17.2 Å². The molecule has 1 N–H and O–H groups in total. The number of aryl methyl sites for hydroxylation is 1. The molecule has 0 bridgehead atoms. The van der Waals surface area contributed by atoms with E-state index < -0.39 is 0 Å². The molecule has 0 aliphatic carbocycles. The molecule has 26 heavy (non-hydrogen) atoms. The first-order chi connectivity index (χ1) is 12.7. The molecule has 0 saturated heterocycles. The van der Waals surface area contributed by atoms with Gasteiger partial charge in [-0.3, -0.25) is 4.79 Å². The predicted molar refractivity (Wildman–Crippen MR) is 100 cm³/mol. The molecule has 0 radical (unpaired) electrons. The zero-order valence-corrected chi connectivity index (χ0v) is 16.0. The molecule has 2 aromatic heterocycles. The van der Waals surface area contributed by atoms with Crippen LogP contribution in [0, 0.1) is 0 Å². The summed E-state index contributed by atoms with van der Waals surface area (Å²) in [6.45, 7) is 2.49. The summed E-state index contributed by atoms with van der Waals surface area (Å²) in [5.41, 5.74) is 1.68. The lowest BCUT2D eigenvalue weighted by atomic mass is 10.2. The van der Waals surface area contributed by atoms with E-state index in [-0.39, 0.29) is 11.7 Å². The van der Waals surface area contributed by atoms with Crippen LogP contribution in [-0.2, 0) is 17.8 Å². The number of nitrogens with zero attached hydrogens (tertiary/aromatic N) is 3. The number of hydrogen-bond acceptors (Lipinski definition) is 8. The smallest absolute Gasteiger partial charge is 0.277 e. The Morgan fingerprint density at radius 1 is 1.31 bits per heavy atom. The number of benzene rings is 1. The standard InChI is InChI=1S/C17H18N4O3S2/c1-3-15-19-12(9-25-15)8-18-14(22)10-26-17-21-20-16(24-17)11-4-6-13(23-2)7-5-11/h4-7,9H,3,8,10H2,1-2H3,(H,18,22). The minimum absolute atomic E-state index is 0.106. The van der Waals surface area contributed by atoms with Gasteiger partial charge in [-0.05, 0) is 30.7 Å². The summed E-state index contributed by atoms with van der Waals surface area (Å²) in [4.78, 5) is 16.4. The lowest BCUT2D eigenvalue weighted by Gasteiger charge is -2.01. The van der Waals surface area contributed by atoms with Crippen LogP contribution < -0.4 is 10.1 Å². The monoisotopic (exact) mass is 390 g/mol. The molecule has 7 nitrogen and oxygen atoms in total. The highest BCUT2D eigenvalue weighted by Gasteiger charge is 2.11. The highest BCUT2D eigenvalue weighted by Crippen LogP contribution is 2.24. The summed E-state index contributed by atoms with van der Waals surface area (Å²) in [5.74, 6) is 1.26. The molecule has 1 amide bonds. The summed E-state index contributed by atoms with van der Waals surface area (Å²) < 4.78 is 10.7. The van der Waals surface area contributed by atoms with Crippen LogP contribution in [0.15, 0.2) is 39.3 Å². The highest BCUT2D eigenvalue weighted by atomic mass is 32.2. The Morgan fingerprint density at radius 3 is 2.81 bits per heavy atom. The molecule has 0 saturated carbocycles. The summed E-state index contributed by atoms with van der Waals surface area (Å²) in [6.07, 6.45) is 0.905. The molecule has 3 aromatic rings. The number of carbonyl (C=O) groups is 1. The van der Waals surface area contributed by atoms with Gasteiger partial charge in [0.05, 0.1) is 30.1 Å². The Kier molecular flexibility index (Phi) is 6.24. The van der Waals surface area contributed by atoms with Crippen LogP contribution in [0.2, 0.25) is 0 Å². The van der Waals surface area contributed by atoms with Gasteiger partial charge in [0.1, 0.15) is 5.75 Å². The third kappa shape index (κ3) is 4.83. The first-order valence-electron chi connectivity index (χ1n) is 7.98. The first-order valence-corrected chi connectivity index (χ1v) is 9.85. The van der Waals surface area contributed by atoms with Gasteiger partial charge in [0, 0.05) is 10.9 Å². The van der Waals surface area contributed by atoms with E-state index in [0.29, 0.717) is 17.7 Å². The number of amides is 1. The van der Waals surface area contributed by atoms with Crippen molar-refractivity contribution in [1.29, 1.82) is 0 Å². The van der Waals surface area contributed by atoms with E-state index in [1.165, 1.54) is 11.8 Å². The van der Waals surface area contributed by atoms with E-state index in [0.717, 1.165) is 28.4 Å². The molecule has 0 atom stereocenters. The molecule has 2 heterocycles. The predicted octanol–water partition coefficient (Wildman–Crippen LogP) is 3.17. The van der Waals surface area contributed by atoms with Gasteiger partial charge in [-0.15, -0.1) is 21.5 Å². The SMILES string of the molecule is CCc1nc(CNC(=O)CSc2nnc(-c3ccc(OC)cc3)o2)cs1. The van der Waals surface area contributed by atoms with Crippen molar-refractivity contribution in [3.63, 3.8) is 0 Å². The van der Waals surface area contributed by atoms with Gasteiger partial charge in [0.25, 0.3) is 5.22 Å². The Labute approximate surface area is 159 Å². The van der Waals surface area contributed by atoms with Gasteiger partial charge >= 0.3 is 0 Å². The Bertz CT molecular complexity index is 861. The summed E-state index contributed by atoms with van der Waals surface area (Å²) in [5, 5.41) is 14.2. The molecule has 136 valence electrons. The van der Waals surface area contributed by atoms with Gasteiger partial charge < -0.3 is 14.5 Å². The van der Waals surface area contributed by atoms with Crippen molar-refractivity contribution in [2.45, 2.75) is 25.1 Å². The number of carbonyl (C=O) groups excluding carboxylic acids is 1.